The molecule has 1 fully saturated rings. The third-order valence-corrected chi connectivity index (χ3v) is 5.24. The minimum Gasteiger partial charge on any atom is -0.344 e. The van der Waals surface area contributed by atoms with Gasteiger partial charge < -0.3 is 5.32 Å². The lowest BCUT2D eigenvalue weighted by molar-refractivity contribution is -0.137. The number of rotatable bonds is 8. The predicted molar refractivity (Wildman–Crippen MR) is 117 cm³/mol. The van der Waals surface area contributed by atoms with Crippen LogP contribution in [-0.4, -0.2) is 40.4 Å². The third-order valence-electron chi connectivity index (χ3n) is 5.24. The Morgan fingerprint density at radius 1 is 1.15 bits per heavy atom. The first-order chi connectivity index (χ1) is 16.0. The molecule has 6 nitrogen and oxygen atoms in total. The van der Waals surface area contributed by atoms with E-state index in [1.165, 1.54) is 32.6 Å². The third kappa shape index (κ3) is 5.52. The zero-order chi connectivity index (χ0) is 25.1. The maximum absolute atomic E-state index is 14.6. The highest BCUT2D eigenvalue weighted by molar-refractivity contribution is 6.49. The maximum atomic E-state index is 14.6. The van der Waals surface area contributed by atoms with Gasteiger partial charge in [0, 0.05) is 42.7 Å². The summed E-state index contributed by atoms with van der Waals surface area (Å²) in [6.07, 6.45) is -0.301. The van der Waals surface area contributed by atoms with Crippen molar-refractivity contribution >= 4 is 17.3 Å². The predicted octanol–water partition coefficient (Wildman–Crippen LogP) is 4.82. The van der Waals surface area contributed by atoms with Crippen LogP contribution in [0.2, 0.25) is 0 Å². The van der Waals surface area contributed by atoms with Crippen molar-refractivity contribution < 1.29 is 26.7 Å². The fourth-order valence-electron chi connectivity index (χ4n) is 3.40. The Morgan fingerprint density at radius 2 is 1.76 bits per heavy atom. The molecule has 1 aromatic heterocycles. The Kier molecular flexibility index (Phi) is 7.23. The van der Waals surface area contributed by atoms with Crippen LogP contribution in [0.5, 0.6) is 0 Å². The second-order valence-electron chi connectivity index (χ2n) is 7.73. The molecule has 1 amide bonds. The standard InChI is InChI=1S/C23H22F5N5O/c1-4-30-19(20-31-8-5-9-32-20)18(29-3)13(2)33-21(34)14-10-16(22(24,25)15-6-7-15)12-17(11-14)23(26,27)28/h4-5,8-13,15H,1,6-7H2,2-3H3,(H,33,34)/b29-18-,30-19+. The van der Waals surface area contributed by atoms with Gasteiger partial charge in [0.1, 0.15) is 5.71 Å². The summed E-state index contributed by atoms with van der Waals surface area (Å²) in [5.74, 6) is -5.28. The van der Waals surface area contributed by atoms with Crippen molar-refractivity contribution in [2.45, 2.75) is 37.9 Å². The van der Waals surface area contributed by atoms with E-state index < -0.39 is 46.7 Å². The molecule has 0 spiro atoms. The van der Waals surface area contributed by atoms with Crippen LogP contribution in [0.25, 0.3) is 0 Å². The molecule has 34 heavy (non-hydrogen) atoms. The summed E-state index contributed by atoms with van der Waals surface area (Å²) in [6.45, 7) is 5.06. The topological polar surface area (TPSA) is 79.6 Å². The first kappa shape index (κ1) is 25.1. The smallest absolute Gasteiger partial charge is 0.344 e. The van der Waals surface area contributed by atoms with Crippen molar-refractivity contribution in [1.82, 2.24) is 15.3 Å². The van der Waals surface area contributed by atoms with Gasteiger partial charge in [-0.3, -0.25) is 14.8 Å². The molecule has 180 valence electrons. The van der Waals surface area contributed by atoms with Gasteiger partial charge in [-0.2, -0.15) is 13.2 Å². The van der Waals surface area contributed by atoms with E-state index in [-0.39, 0.29) is 30.1 Å². The summed E-state index contributed by atoms with van der Waals surface area (Å²) < 4.78 is 69.5. The largest absolute Gasteiger partial charge is 0.416 e. The Labute approximate surface area is 192 Å². The molecule has 11 heteroatoms. The molecule has 3 rings (SSSR count). The van der Waals surface area contributed by atoms with Crippen LogP contribution in [0.15, 0.2) is 59.4 Å². The van der Waals surface area contributed by atoms with Crippen LogP contribution >= 0.6 is 0 Å². The number of hydrogen-bond acceptors (Lipinski definition) is 5. The van der Waals surface area contributed by atoms with Gasteiger partial charge in [-0.15, -0.1) is 0 Å². The highest BCUT2D eigenvalue weighted by Crippen LogP contribution is 2.50. The van der Waals surface area contributed by atoms with Gasteiger partial charge in [-0.25, -0.2) is 18.7 Å². The lowest BCUT2D eigenvalue weighted by Gasteiger charge is -2.21. The Morgan fingerprint density at radius 3 is 2.29 bits per heavy atom. The van der Waals surface area contributed by atoms with Crippen LogP contribution in [0, 0.1) is 5.92 Å². The lowest BCUT2D eigenvalue weighted by atomic mass is 9.97. The van der Waals surface area contributed by atoms with E-state index in [0.717, 1.165) is 6.07 Å². The number of hydrogen-bond donors (Lipinski definition) is 1. The number of benzene rings is 1. The molecule has 1 N–H and O–H groups in total. The quantitative estimate of drug-likeness (QED) is 0.436. The number of alkyl halides is 5. The first-order valence-electron chi connectivity index (χ1n) is 10.3. The molecular formula is C23H22F5N5O. The second kappa shape index (κ2) is 9.78. The fourth-order valence-corrected chi connectivity index (χ4v) is 3.40. The molecule has 1 saturated carbocycles. The Balaban J connectivity index is 1.93. The molecule has 0 aliphatic heterocycles. The minimum absolute atomic E-state index is 0.189. The molecule has 1 aliphatic carbocycles. The summed E-state index contributed by atoms with van der Waals surface area (Å²) in [6, 6.07) is 2.47. The average molecular weight is 479 g/mol. The number of aliphatic imine (C=N–C) groups is 2. The molecule has 2 aromatic rings. The Bertz CT molecular complexity index is 1120. The van der Waals surface area contributed by atoms with E-state index in [1.54, 1.807) is 6.07 Å². The molecule has 0 bridgehead atoms. The molecule has 1 atom stereocenters. The number of carbonyl (C=O) groups excluding carboxylic acids is 1. The van der Waals surface area contributed by atoms with E-state index in [0.29, 0.717) is 12.1 Å². The average Bonchev–Trinajstić information content (AvgIpc) is 3.65. The zero-order valence-corrected chi connectivity index (χ0v) is 18.4. The summed E-state index contributed by atoms with van der Waals surface area (Å²) in [7, 11) is 1.43. The van der Waals surface area contributed by atoms with E-state index in [4.69, 9.17) is 0 Å². The van der Waals surface area contributed by atoms with Gasteiger partial charge in [0.15, 0.2) is 5.82 Å². The van der Waals surface area contributed by atoms with Gasteiger partial charge in [0.05, 0.1) is 17.3 Å². The Hall–Kier alpha value is -3.50. The van der Waals surface area contributed by atoms with Crippen LogP contribution in [0.3, 0.4) is 0 Å². The zero-order valence-electron chi connectivity index (χ0n) is 18.4. The number of halogens is 5. The monoisotopic (exact) mass is 479 g/mol. The SMILES string of the molecule is C=C/N=C(\C(=N/C)C(C)NC(=O)c1cc(C(F)(F)F)cc(C(F)(F)C2CC2)c1)c1ncccn1. The van der Waals surface area contributed by atoms with Gasteiger partial charge >= 0.3 is 6.18 Å². The molecule has 1 aliphatic rings. The fraction of sp³-hybridized carbons (Fsp3) is 0.348. The van der Waals surface area contributed by atoms with Crippen molar-refractivity contribution in [3.05, 3.63) is 72.0 Å². The molecular weight excluding hydrogens is 457 g/mol. The number of aromatic nitrogens is 2. The molecule has 0 radical (unpaired) electrons. The van der Waals surface area contributed by atoms with E-state index >= 15 is 0 Å². The van der Waals surface area contributed by atoms with Gasteiger partial charge in [-0.1, -0.05) is 6.58 Å². The van der Waals surface area contributed by atoms with Crippen LogP contribution in [0.1, 0.15) is 47.1 Å². The van der Waals surface area contributed by atoms with E-state index in [9.17, 15) is 26.7 Å². The number of amides is 1. The highest BCUT2D eigenvalue weighted by Gasteiger charge is 2.49. The summed E-state index contributed by atoms with van der Waals surface area (Å²) in [5.41, 5.74) is -2.28. The van der Waals surface area contributed by atoms with Gasteiger partial charge in [0.25, 0.3) is 11.8 Å². The molecule has 1 unspecified atom stereocenters. The van der Waals surface area contributed by atoms with Crippen molar-refractivity contribution in [2.24, 2.45) is 15.9 Å². The minimum atomic E-state index is -4.90. The second-order valence-corrected chi connectivity index (χ2v) is 7.73. The first-order valence-corrected chi connectivity index (χ1v) is 10.3. The number of nitrogens with zero attached hydrogens (tertiary/aromatic N) is 4. The normalized spacial score (nSPS) is 16.2. The van der Waals surface area contributed by atoms with Crippen molar-refractivity contribution in [3.8, 4) is 0 Å². The lowest BCUT2D eigenvalue weighted by Crippen LogP contribution is -2.42. The molecule has 1 heterocycles. The van der Waals surface area contributed by atoms with E-state index in [1.807, 2.05) is 0 Å². The number of nitrogens with one attached hydrogen (secondary N) is 1. The molecule has 0 saturated heterocycles. The van der Waals surface area contributed by atoms with Crippen molar-refractivity contribution in [1.29, 1.82) is 0 Å². The summed E-state index contributed by atoms with van der Waals surface area (Å²) in [5, 5.41) is 2.51. The number of carbonyl (C=O) groups is 1. The summed E-state index contributed by atoms with van der Waals surface area (Å²) >= 11 is 0. The molecule has 1 aromatic carbocycles. The highest BCUT2D eigenvalue weighted by atomic mass is 19.4. The van der Waals surface area contributed by atoms with Crippen LogP contribution < -0.4 is 5.32 Å². The van der Waals surface area contributed by atoms with Gasteiger partial charge in [0.2, 0.25) is 0 Å². The summed E-state index contributed by atoms with van der Waals surface area (Å²) in [4.78, 5) is 29.3. The van der Waals surface area contributed by atoms with Crippen LogP contribution in [0.4, 0.5) is 22.0 Å². The van der Waals surface area contributed by atoms with Gasteiger partial charge in [-0.05, 0) is 44.0 Å². The van der Waals surface area contributed by atoms with Crippen molar-refractivity contribution in [2.75, 3.05) is 7.05 Å². The van der Waals surface area contributed by atoms with Crippen molar-refractivity contribution in [3.63, 3.8) is 0 Å². The van der Waals surface area contributed by atoms with E-state index in [2.05, 4.69) is 31.8 Å². The maximum Gasteiger partial charge on any atom is 0.416 e. The van der Waals surface area contributed by atoms with Crippen LogP contribution in [-0.2, 0) is 12.1 Å².